The SMILES string of the molecule is CCN1CCC(CCNC(=O)c2ccn(C3CCCNC3)n2)CC1. The molecule has 1 amide bonds. The molecule has 0 aromatic carbocycles. The van der Waals surface area contributed by atoms with E-state index in [-0.39, 0.29) is 5.91 Å². The number of hydrogen-bond acceptors (Lipinski definition) is 4. The number of carbonyl (C=O) groups is 1. The van der Waals surface area contributed by atoms with E-state index in [9.17, 15) is 4.79 Å². The first-order valence-electron chi connectivity index (χ1n) is 9.52. The van der Waals surface area contributed by atoms with Gasteiger partial charge in [0.05, 0.1) is 6.04 Å². The van der Waals surface area contributed by atoms with Crippen molar-refractivity contribution in [2.45, 2.75) is 45.1 Å². The number of carbonyl (C=O) groups excluding carboxylic acids is 1. The molecular weight excluding hydrogens is 302 g/mol. The lowest BCUT2D eigenvalue weighted by Crippen LogP contribution is -2.35. The predicted octanol–water partition coefficient (Wildman–Crippen LogP) is 1.66. The number of aromatic nitrogens is 2. The van der Waals surface area contributed by atoms with Gasteiger partial charge in [0.25, 0.3) is 5.91 Å². The topological polar surface area (TPSA) is 62.2 Å². The number of rotatable bonds is 6. The molecule has 1 unspecified atom stereocenters. The highest BCUT2D eigenvalue weighted by molar-refractivity contribution is 5.92. The van der Waals surface area contributed by atoms with Gasteiger partial charge >= 0.3 is 0 Å². The lowest BCUT2D eigenvalue weighted by molar-refractivity contribution is 0.0942. The largest absolute Gasteiger partial charge is 0.351 e. The second-order valence-electron chi connectivity index (χ2n) is 7.10. The number of nitrogens with one attached hydrogen (secondary N) is 2. The van der Waals surface area contributed by atoms with E-state index >= 15 is 0 Å². The monoisotopic (exact) mass is 333 g/mol. The van der Waals surface area contributed by atoms with Crippen LogP contribution in [-0.4, -0.2) is 59.9 Å². The van der Waals surface area contributed by atoms with E-state index in [1.807, 2.05) is 16.9 Å². The van der Waals surface area contributed by atoms with Crippen LogP contribution in [0.25, 0.3) is 0 Å². The Hall–Kier alpha value is -1.40. The summed E-state index contributed by atoms with van der Waals surface area (Å²) in [6.07, 6.45) is 7.83. The molecule has 1 atom stereocenters. The molecule has 2 N–H and O–H groups in total. The van der Waals surface area contributed by atoms with Gasteiger partial charge < -0.3 is 15.5 Å². The fraction of sp³-hybridized carbons (Fsp3) is 0.778. The molecule has 3 rings (SSSR count). The molecule has 0 aliphatic carbocycles. The first-order valence-corrected chi connectivity index (χ1v) is 9.52. The molecule has 2 saturated heterocycles. The standard InChI is InChI=1S/C18H31N5O/c1-2-22-11-6-15(7-12-22)5-10-20-18(24)17-8-13-23(21-17)16-4-3-9-19-14-16/h8,13,15-16,19H,2-7,9-12,14H2,1H3,(H,20,24). The van der Waals surface area contributed by atoms with Gasteiger partial charge in [-0.05, 0) is 70.3 Å². The van der Waals surface area contributed by atoms with E-state index in [0.29, 0.717) is 11.7 Å². The van der Waals surface area contributed by atoms with Crippen molar-refractivity contribution in [3.63, 3.8) is 0 Å². The molecule has 0 bridgehead atoms. The first-order chi connectivity index (χ1) is 11.8. The molecule has 24 heavy (non-hydrogen) atoms. The maximum absolute atomic E-state index is 12.3. The van der Waals surface area contributed by atoms with Crippen LogP contribution in [0.4, 0.5) is 0 Å². The molecule has 2 fully saturated rings. The van der Waals surface area contributed by atoms with E-state index in [1.165, 1.54) is 32.4 Å². The summed E-state index contributed by atoms with van der Waals surface area (Å²) in [5.74, 6) is 0.711. The van der Waals surface area contributed by atoms with Crippen molar-refractivity contribution >= 4 is 5.91 Å². The number of amides is 1. The molecule has 2 aliphatic rings. The van der Waals surface area contributed by atoms with Crippen molar-refractivity contribution < 1.29 is 4.79 Å². The van der Waals surface area contributed by atoms with Crippen LogP contribution in [-0.2, 0) is 0 Å². The van der Waals surface area contributed by atoms with Gasteiger partial charge in [-0.2, -0.15) is 5.10 Å². The summed E-state index contributed by atoms with van der Waals surface area (Å²) in [5.41, 5.74) is 0.543. The molecular formula is C18H31N5O. The maximum Gasteiger partial charge on any atom is 0.271 e. The van der Waals surface area contributed by atoms with Crippen LogP contribution in [0.2, 0.25) is 0 Å². The van der Waals surface area contributed by atoms with Gasteiger partial charge in [0, 0.05) is 19.3 Å². The van der Waals surface area contributed by atoms with Gasteiger partial charge in [0.15, 0.2) is 0 Å². The summed E-state index contributed by atoms with van der Waals surface area (Å²) in [6, 6.07) is 2.22. The lowest BCUT2D eigenvalue weighted by Gasteiger charge is -2.30. The molecule has 134 valence electrons. The van der Waals surface area contributed by atoms with Crippen molar-refractivity contribution in [3.8, 4) is 0 Å². The molecule has 2 aliphatic heterocycles. The summed E-state index contributed by atoms with van der Waals surface area (Å²) in [7, 11) is 0. The Morgan fingerprint density at radius 3 is 2.92 bits per heavy atom. The van der Waals surface area contributed by atoms with E-state index < -0.39 is 0 Å². The number of piperidine rings is 2. The smallest absolute Gasteiger partial charge is 0.271 e. The van der Waals surface area contributed by atoms with Gasteiger partial charge in [-0.15, -0.1) is 0 Å². The number of nitrogens with zero attached hydrogens (tertiary/aromatic N) is 3. The van der Waals surface area contributed by atoms with E-state index in [4.69, 9.17) is 0 Å². The van der Waals surface area contributed by atoms with Crippen molar-refractivity contribution in [2.75, 3.05) is 39.3 Å². The molecule has 0 spiro atoms. The Bertz CT molecular complexity index is 515. The zero-order chi connectivity index (χ0) is 16.8. The predicted molar refractivity (Wildman–Crippen MR) is 95.2 cm³/mol. The minimum absolute atomic E-state index is 0.0384. The van der Waals surface area contributed by atoms with Crippen molar-refractivity contribution in [2.24, 2.45) is 5.92 Å². The second kappa shape index (κ2) is 8.62. The van der Waals surface area contributed by atoms with Gasteiger partial charge in [-0.1, -0.05) is 6.92 Å². The van der Waals surface area contributed by atoms with Gasteiger partial charge in [-0.3, -0.25) is 9.48 Å². The zero-order valence-corrected chi connectivity index (χ0v) is 14.8. The molecule has 3 heterocycles. The maximum atomic E-state index is 12.3. The average Bonchev–Trinajstić information content (AvgIpc) is 3.13. The highest BCUT2D eigenvalue weighted by atomic mass is 16.1. The van der Waals surface area contributed by atoms with Crippen LogP contribution in [0.3, 0.4) is 0 Å². The van der Waals surface area contributed by atoms with Crippen LogP contribution in [0, 0.1) is 5.92 Å². The van der Waals surface area contributed by atoms with Gasteiger partial charge in [-0.25, -0.2) is 0 Å². The lowest BCUT2D eigenvalue weighted by atomic mass is 9.93. The summed E-state index contributed by atoms with van der Waals surface area (Å²) >= 11 is 0. The van der Waals surface area contributed by atoms with Crippen LogP contribution in [0.1, 0.15) is 55.6 Å². The molecule has 0 radical (unpaired) electrons. The Morgan fingerprint density at radius 2 is 2.21 bits per heavy atom. The second-order valence-corrected chi connectivity index (χ2v) is 7.10. The number of hydrogen-bond donors (Lipinski definition) is 2. The van der Waals surface area contributed by atoms with Crippen molar-refractivity contribution in [1.82, 2.24) is 25.3 Å². The van der Waals surface area contributed by atoms with E-state index in [0.717, 1.165) is 44.9 Å². The highest BCUT2D eigenvalue weighted by Gasteiger charge is 2.19. The molecule has 1 aromatic rings. The summed E-state index contributed by atoms with van der Waals surface area (Å²) in [4.78, 5) is 14.8. The Morgan fingerprint density at radius 1 is 1.38 bits per heavy atom. The number of likely N-dealkylation sites (tertiary alicyclic amines) is 1. The molecule has 0 saturated carbocycles. The van der Waals surface area contributed by atoms with Gasteiger partial charge in [0.1, 0.15) is 5.69 Å². The third-order valence-electron chi connectivity index (χ3n) is 5.48. The van der Waals surface area contributed by atoms with Crippen LogP contribution >= 0.6 is 0 Å². The summed E-state index contributed by atoms with van der Waals surface area (Å²) in [6.45, 7) is 8.57. The van der Waals surface area contributed by atoms with Crippen LogP contribution < -0.4 is 10.6 Å². The normalized spacial score (nSPS) is 23.3. The Balaban J connectivity index is 1.40. The molecule has 6 nitrogen and oxygen atoms in total. The third kappa shape index (κ3) is 4.57. The van der Waals surface area contributed by atoms with Crippen molar-refractivity contribution in [3.05, 3.63) is 18.0 Å². The fourth-order valence-corrected chi connectivity index (χ4v) is 3.79. The van der Waals surface area contributed by atoms with Crippen LogP contribution in [0.15, 0.2) is 12.3 Å². The van der Waals surface area contributed by atoms with E-state index in [1.54, 1.807) is 0 Å². The fourth-order valence-electron chi connectivity index (χ4n) is 3.79. The highest BCUT2D eigenvalue weighted by Crippen LogP contribution is 2.19. The first kappa shape index (κ1) is 17.4. The Kier molecular flexibility index (Phi) is 6.26. The minimum atomic E-state index is -0.0384. The Labute approximate surface area is 145 Å². The van der Waals surface area contributed by atoms with Gasteiger partial charge in [0.2, 0.25) is 0 Å². The molecule has 1 aromatic heterocycles. The average molecular weight is 333 g/mol. The third-order valence-corrected chi connectivity index (χ3v) is 5.48. The molecule has 6 heteroatoms. The van der Waals surface area contributed by atoms with Crippen molar-refractivity contribution in [1.29, 1.82) is 0 Å². The zero-order valence-electron chi connectivity index (χ0n) is 14.8. The quantitative estimate of drug-likeness (QED) is 0.831. The van der Waals surface area contributed by atoms with E-state index in [2.05, 4.69) is 27.6 Å². The minimum Gasteiger partial charge on any atom is -0.351 e. The summed E-state index contributed by atoms with van der Waals surface area (Å²) in [5, 5.41) is 10.9. The van der Waals surface area contributed by atoms with Crippen LogP contribution in [0.5, 0.6) is 0 Å². The summed E-state index contributed by atoms with van der Waals surface area (Å²) < 4.78 is 1.95.